The maximum absolute atomic E-state index is 14.4. The maximum Gasteiger partial charge on any atom is 0.255 e. The first kappa shape index (κ1) is 26.7. The van der Waals surface area contributed by atoms with Crippen molar-refractivity contribution in [2.75, 3.05) is 11.9 Å². The number of amides is 1. The van der Waals surface area contributed by atoms with Crippen LogP contribution in [0, 0.1) is 17.6 Å². The van der Waals surface area contributed by atoms with Crippen LogP contribution in [0.25, 0.3) is 11.3 Å². The van der Waals surface area contributed by atoms with Gasteiger partial charge in [-0.1, -0.05) is 46.0 Å². The molecule has 0 spiro atoms. The van der Waals surface area contributed by atoms with E-state index >= 15 is 0 Å². The molecule has 0 bridgehead atoms. The molecule has 4 rings (SSSR count). The van der Waals surface area contributed by atoms with Crippen molar-refractivity contribution in [1.82, 2.24) is 15.3 Å². The monoisotopic (exact) mass is 508 g/mol. The van der Waals surface area contributed by atoms with E-state index in [4.69, 9.17) is 0 Å². The number of pyridine rings is 2. The van der Waals surface area contributed by atoms with Crippen molar-refractivity contribution < 1.29 is 18.7 Å². The molecule has 3 aromatic rings. The largest absolute Gasteiger partial charge is 0.391 e. The number of nitrogens with zero attached hydrogens (tertiary/aromatic N) is 2. The summed E-state index contributed by atoms with van der Waals surface area (Å²) in [5.41, 5.74) is 2.63. The van der Waals surface area contributed by atoms with E-state index < -0.39 is 17.7 Å². The number of aromatic nitrogens is 2. The number of rotatable bonds is 9. The molecule has 6 nitrogen and oxygen atoms in total. The van der Waals surface area contributed by atoms with Gasteiger partial charge in [-0.05, 0) is 54.2 Å². The molecule has 1 aliphatic carbocycles. The standard InChI is InChI=1S/C29H34F2N4O2/c1-18(2)23-17-33-27(22-13-20(30)8-9-25(22)31)14-28(23)35-26-10-11-32-16-24(26)29(37)34-15-21(36)12-19-6-4-3-5-7-19/h8-11,13-14,16-19,21,36H,3-7,12,15H2,1-2H3,(H,34,37)(H,32,33,35)/t21-/m0/s1. The molecule has 1 saturated carbocycles. The highest BCUT2D eigenvalue weighted by atomic mass is 19.1. The Morgan fingerprint density at radius 1 is 1.08 bits per heavy atom. The van der Waals surface area contributed by atoms with Gasteiger partial charge in [-0.25, -0.2) is 8.78 Å². The topological polar surface area (TPSA) is 87.1 Å². The number of hydrogen-bond acceptors (Lipinski definition) is 5. The van der Waals surface area contributed by atoms with Crippen LogP contribution in [0.4, 0.5) is 20.2 Å². The van der Waals surface area contributed by atoms with Crippen LogP contribution in [-0.2, 0) is 0 Å². The summed E-state index contributed by atoms with van der Waals surface area (Å²) < 4.78 is 28.2. The Morgan fingerprint density at radius 3 is 2.62 bits per heavy atom. The summed E-state index contributed by atoms with van der Waals surface area (Å²) >= 11 is 0. The van der Waals surface area contributed by atoms with Crippen molar-refractivity contribution in [2.45, 2.75) is 64.4 Å². The van der Waals surface area contributed by atoms with Crippen molar-refractivity contribution in [2.24, 2.45) is 5.92 Å². The van der Waals surface area contributed by atoms with Gasteiger partial charge in [0, 0.05) is 36.4 Å². The minimum absolute atomic E-state index is 0.0537. The van der Waals surface area contributed by atoms with Gasteiger partial charge in [-0.2, -0.15) is 0 Å². The summed E-state index contributed by atoms with van der Waals surface area (Å²) in [6.07, 6.45) is 10.7. The molecule has 37 heavy (non-hydrogen) atoms. The van der Waals surface area contributed by atoms with Gasteiger partial charge in [0.05, 0.1) is 23.0 Å². The minimum atomic E-state index is -0.600. The summed E-state index contributed by atoms with van der Waals surface area (Å²) in [4.78, 5) is 21.5. The zero-order chi connectivity index (χ0) is 26.4. The number of aliphatic hydroxyl groups is 1. The molecule has 0 radical (unpaired) electrons. The molecule has 196 valence electrons. The van der Waals surface area contributed by atoms with Crippen LogP contribution in [0.1, 0.15) is 74.2 Å². The second-order valence-corrected chi connectivity index (χ2v) is 10.1. The molecule has 1 fully saturated rings. The summed E-state index contributed by atoms with van der Waals surface area (Å²) in [6.45, 7) is 4.16. The van der Waals surface area contributed by atoms with Crippen LogP contribution < -0.4 is 10.6 Å². The number of halogens is 2. The molecule has 0 aliphatic heterocycles. The summed E-state index contributed by atoms with van der Waals surface area (Å²) in [7, 11) is 0. The first-order chi connectivity index (χ1) is 17.8. The van der Waals surface area contributed by atoms with Crippen molar-refractivity contribution in [3.05, 3.63) is 71.7 Å². The number of nitrogens with one attached hydrogen (secondary N) is 2. The predicted octanol–water partition coefficient (Wildman–Crippen LogP) is 6.35. The van der Waals surface area contributed by atoms with Crippen LogP contribution >= 0.6 is 0 Å². The first-order valence-electron chi connectivity index (χ1n) is 12.9. The predicted molar refractivity (Wildman–Crippen MR) is 141 cm³/mol. The molecular weight excluding hydrogens is 474 g/mol. The van der Waals surface area contributed by atoms with E-state index in [0.29, 0.717) is 29.3 Å². The molecule has 2 heterocycles. The molecule has 2 aromatic heterocycles. The fourth-order valence-electron chi connectivity index (χ4n) is 4.90. The third kappa shape index (κ3) is 6.89. The fourth-order valence-corrected chi connectivity index (χ4v) is 4.90. The fraction of sp³-hybridized carbons (Fsp3) is 0.414. The normalized spacial score (nSPS) is 15.0. The van der Waals surface area contributed by atoms with E-state index in [2.05, 4.69) is 20.6 Å². The SMILES string of the molecule is CC(C)c1cnc(-c2cc(F)ccc2F)cc1Nc1ccncc1C(=O)NC[C@@H](O)CC1CCCCC1. The highest BCUT2D eigenvalue weighted by molar-refractivity contribution is 6.00. The second-order valence-electron chi connectivity index (χ2n) is 10.1. The molecule has 0 saturated heterocycles. The van der Waals surface area contributed by atoms with E-state index in [0.717, 1.165) is 36.6 Å². The Kier molecular flexibility index (Phi) is 8.82. The van der Waals surface area contributed by atoms with Crippen molar-refractivity contribution in [3.63, 3.8) is 0 Å². The molecule has 1 amide bonds. The number of hydrogen-bond donors (Lipinski definition) is 3. The lowest BCUT2D eigenvalue weighted by Gasteiger charge is -2.24. The van der Waals surface area contributed by atoms with Gasteiger partial charge in [0.25, 0.3) is 5.91 Å². The minimum Gasteiger partial charge on any atom is -0.391 e. The van der Waals surface area contributed by atoms with Gasteiger partial charge >= 0.3 is 0 Å². The Bertz CT molecular complexity index is 1230. The molecular formula is C29H34F2N4O2. The van der Waals surface area contributed by atoms with Crippen LogP contribution in [-0.4, -0.2) is 33.6 Å². The molecule has 1 aromatic carbocycles. The average molecular weight is 509 g/mol. The van der Waals surface area contributed by atoms with Crippen LogP contribution in [0.15, 0.2) is 48.9 Å². The third-order valence-electron chi connectivity index (χ3n) is 6.92. The van der Waals surface area contributed by atoms with Crippen molar-refractivity contribution >= 4 is 17.3 Å². The van der Waals surface area contributed by atoms with Crippen molar-refractivity contribution in [3.8, 4) is 11.3 Å². The lowest BCUT2D eigenvalue weighted by molar-refractivity contribution is 0.0884. The lowest BCUT2D eigenvalue weighted by atomic mass is 9.85. The van der Waals surface area contributed by atoms with Crippen molar-refractivity contribution in [1.29, 1.82) is 0 Å². The van der Waals surface area contributed by atoms with Crippen LogP contribution in [0.2, 0.25) is 0 Å². The smallest absolute Gasteiger partial charge is 0.255 e. The molecule has 0 unspecified atom stereocenters. The first-order valence-corrected chi connectivity index (χ1v) is 12.9. The Balaban J connectivity index is 1.53. The zero-order valence-electron chi connectivity index (χ0n) is 21.3. The van der Waals surface area contributed by atoms with Crippen LogP contribution in [0.3, 0.4) is 0 Å². The molecule has 3 N–H and O–H groups in total. The Morgan fingerprint density at radius 2 is 1.86 bits per heavy atom. The molecule has 8 heteroatoms. The van der Waals surface area contributed by atoms with E-state index in [9.17, 15) is 18.7 Å². The number of carbonyl (C=O) groups is 1. The highest BCUT2D eigenvalue weighted by Gasteiger charge is 2.20. The van der Waals surface area contributed by atoms with Crippen LogP contribution in [0.5, 0.6) is 0 Å². The van der Waals surface area contributed by atoms with E-state index in [1.165, 1.54) is 25.5 Å². The van der Waals surface area contributed by atoms with Gasteiger partial charge < -0.3 is 15.7 Å². The highest BCUT2D eigenvalue weighted by Crippen LogP contribution is 2.32. The average Bonchev–Trinajstić information content (AvgIpc) is 2.89. The van der Waals surface area contributed by atoms with E-state index in [1.54, 1.807) is 24.5 Å². The number of carbonyl (C=O) groups excluding carboxylic acids is 1. The Hall–Kier alpha value is -3.39. The van der Waals surface area contributed by atoms with Gasteiger partial charge in [0.2, 0.25) is 0 Å². The molecule has 1 atom stereocenters. The van der Waals surface area contributed by atoms with E-state index in [-0.39, 0.29) is 29.6 Å². The van der Waals surface area contributed by atoms with Gasteiger partial charge in [-0.15, -0.1) is 0 Å². The van der Waals surface area contributed by atoms with Gasteiger partial charge in [0.15, 0.2) is 0 Å². The summed E-state index contributed by atoms with van der Waals surface area (Å²) in [5.74, 6) is -0.896. The Labute approximate surface area is 216 Å². The molecule has 1 aliphatic rings. The third-order valence-corrected chi connectivity index (χ3v) is 6.92. The summed E-state index contributed by atoms with van der Waals surface area (Å²) in [5, 5.41) is 16.6. The number of benzene rings is 1. The number of anilines is 2. The maximum atomic E-state index is 14.4. The lowest BCUT2D eigenvalue weighted by Crippen LogP contribution is -2.33. The van der Waals surface area contributed by atoms with Gasteiger partial charge in [0.1, 0.15) is 11.6 Å². The zero-order valence-corrected chi connectivity index (χ0v) is 21.3. The second kappa shape index (κ2) is 12.2. The van der Waals surface area contributed by atoms with E-state index in [1.807, 2.05) is 13.8 Å². The summed E-state index contributed by atoms with van der Waals surface area (Å²) in [6, 6.07) is 6.59. The van der Waals surface area contributed by atoms with Gasteiger partial charge in [-0.3, -0.25) is 14.8 Å². The number of aliphatic hydroxyl groups excluding tert-OH is 1. The quantitative estimate of drug-likeness (QED) is 0.314.